The Morgan fingerprint density at radius 2 is 1.56 bits per heavy atom. The fourth-order valence-corrected chi connectivity index (χ4v) is 4.10. The number of carbonyl (C=O) groups excluding carboxylic acids is 2. The third-order valence-electron chi connectivity index (χ3n) is 5.55. The van der Waals surface area contributed by atoms with Crippen molar-refractivity contribution in [1.29, 1.82) is 0 Å². The van der Waals surface area contributed by atoms with Crippen LogP contribution in [0.3, 0.4) is 0 Å². The zero-order chi connectivity index (χ0) is 24.1. The third kappa shape index (κ3) is 6.98. The van der Waals surface area contributed by atoms with E-state index in [2.05, 4.69) is 39.2 Å². The summed E-state index contributed by atoms with van der Waals surface area (Å²) in [4.78, 5) is 24.5. The zero-order valence-corrected chi connectivity index (χ0v) is 20.4. The van der Waals surface area contributed by atoms with Gasteiger partial charge in [-0.25, -0.2) is 4.39 Å². The zero-order valence-electron chi connectivity index (χ0n) is 19.4. The molecule has 0 bridgehead atoms. The minimum Gasteiger partial charge on any atom is -0.491 e. The van der Waals surface area contributed by atoms with Gasteiger partial charge in [0.2, 0.25) is 5.78 Å². The van der Waals surface area contributed by atoms with Gasteiger partial charge in [-0.3, -0.25) is 9.59 Å². The summed E-state index contributed by atoms with van der Waals surface area (Å²) in [5.41, 5.74) is 0.353. The summed E-state index contributed by atoms with van der Waals surface area (Å²) in [5, 5.41) is 12.4. The van der Waals surface area contributed by atoms with Crippen LogP contribution in [0.1, 0.15) is 48.4 Å². The number of rotatable bonds is 9. The number of hydrogen-bond acceptors (Lipinski definition) is 5. The SMILES string of the molecule is CC(COc1ccc(C(=O)NC(O)C(=O)c2ccc(F)cc2)cc1)O[Si](C)(C)C(C)(C)C. The van der Waals surface area contributed by atoms with Crippen LogP contribution in [0.4, 0.5) is 4.39 Å². The molecule has 174 valence electrons. The molecule has 0 aromatic heterocycles. The Morgan fingerprint density at radius 1 is 1.03 bits per heavy atom. The molecule has 2 rings (SSSR count). The van der Waals surface area contributed by atoms with Crippen LogP contribution in [-0.2, 0) is 4.43 Å². The summed E-state index contributed by atoms with van der Waals surface area (Å²) in [7, 11) is -1.89. The molecule has 0 aliphatic rings. The number of aliphatic hydroxyl groups is 1. The van der Waals surface area contributed by atoms with Gasteiger partial charge in [0.05, 0.1) is 6.10 Å². The third-order valence-corrected chi connectivity index (χ3v) is 10.2. The highest BCUT2D eigenvalue weighted by molar-refractivity contribution is 6.74. The molecule has 2 aromatic carbocycles. The molecule has 0 fully saturated rings. The van der Waals surface area contributed by atoms with E-state index in [9.17, 15) is 19.1 Å². The van der Waals surface area contributed by atoms with E-state index >= 15 is 0 Å². The first-order valence-electron chi connectivity index (χ1n) is 10.5. The van der Waals surface area contributed by atoms with Crippen molar-refractivity contribution in [3.8, 4) is 5.75 Å². The van der Waals surface area contributed by atoms with Gasteiger partial charge in [0.1, 0.15) is 18.2 Å². The number of ketones is 1. The van der Waals surface area contributed by atoms with Crippen LogP contribution in [0.5, 0.6) is 5.75 Å². The first-order chi connectivity index (χ1) is 14.8. The number of Topliss-reactive ketones (excluding diaryl/α,β-unsaturated/α-hetero) is 1. The van der Waals surface area contributed by atoms with Crippen molar-refractivity contribution >= 4 is 20.0 Å². The van der Waals surface area contributed by atoms with Gasteiger partial charge in [0.25, 0.3) is 5.91 Å². The molecule has 6 nitrogen and oxygen atoms in total. The average Bonchev–Trinajstić information content (AvgIpc) is 2.71. The lowest BCUT2D eigenvalue weighted by Crippen LogP contribution is -2.44. The largest absolute Gasteiger partial charge is 0.491 e. The first kappa shape index (κ1) is 25.7. The van der Waals surface area contributed by atoms with Crippen molar-refractivity contribution in [2.45, 2.75) is 58.2 Å². The molecule has 0 heterocycles. The summed E-state index contributed by atoms with van der Waals surface area (Å²) < 4.78 is 25.0. The maximum absolute atomic E-state index is 13.0. The molecule has 0 saturated carbocycles. The monoisotopic (exact) mass is 461 g/mol. The molecular formula is C24H32FNO5Si. The Kier molecular flexibility index (Phi) is 8.33. The molecule has 0 saturated heterocycles. The number of aliphatic hydroxyl groups excluding tert-OH is 1. The molecule has 0 aliphatic carbocycles. The highest BCUT2D eigenvalue weighted by Gasteiger charge is 2.38. The van der Waals surface area contributed by atoms with Crippen LogP contribution in [0.2, 0.25) is 18.1 Å². The lowest BCUT2D eigenvalue weighted by Gasteiger charge is -2.38. The molecule has 2 unspecified atom stereocenters. The van der Waals surface area contributed by atoms with E-state index < -0.39 is 32.1 Å². The second kappa shape index (κ2) is 10.4. The Labute approximate surface area is 189 Å². The van der Waals surface area contributed by atoms with Crippen LogP contribution in [0.15, 0.2) is 48.5 Å². The highest BCUT2D eigenvalue weighted by atomic mass is 28.4. The second-order valence-electron chi connectivity index (χ2n) is 9.27. The maximum Gasteiger partial charge on any atom is 0.253 e. The second-order valence-corrected chi connectivity index (χ2v) is 14.0. The number of hydrogen-bond donors (Lipinski definition) is 2. The smallest absolute Gasteiger partial charge is 0.253 e. The lowest BCUT2D eigenvalue weighted by molar-refractivity contribution is 0.0607. The number of nitrogens with one attached hydrogen (secondary N) is 1. The van der Waals surface area contributed by atoms with E-state index in [4.69, 9.17) is 9.16 Å². The standard InChI is InChI=1S/C24H32FNO5Si/c1-16(31-32(5,6)24(2,3)4)15-30-20-13-9-18(10-14-20)22(28)26-23(29)21(27)17-7-11-19(25)12-8-17/h7-14,16,23,29H,15H2,1-6H3,(H,26,28). The van der Waals surface area contributed by atoms with Gasteiger partial charge in [-0.05, 0) is 73.6 Å². The van der Waals surface area contributed by atoms with Crippen molar-refractivity contribution in [3.63, 3.8) is 0 Å². The van der Waals surface area contributed by atoms with E-state index in [0.717, 1.165) is 12.1 Å². The van der Waals surface area contributed by atoms with Crippen LogP contribution >= 0.6 is 0 Å². The van der Waals surface area contributed by atoms with E-state index in [1.165, 1.54) is 12.1 Å². The summed E-state index contributed by atoms with van der Waals surface area (Å²) in [6, 6.07) is 11.1. The molecule has 0 radical (unpaired) electrons. The van der Waals surface area contributed by atoms with Gasteiger partial charge in [-0.15, -0.1) is 0 Å². The first-order valence-corrected chi connectivity index (χ1v) is 13.4. The number of ether oxygens (including phenoxy) is 1. The van der Waals surface area contributed by atoms with Crippen molar-refractivity contribution in [2.24, 2.45) is 0 Å². The fourth-order valence-electron chi connectivity index (χ4n) is 2.67. The predicted octanol–water partition coefficient (Wildman–Crippen LogP) is 4.55. The Morgan fingerprint density at radius 3 is 2.09 bits per heavy atom. The molecular weight excluding hydrogens is 429 g/mol. The van der Waals surface area contributed by atoms with Gasteiger partial charge in [0.15, 0.2) is 14.5 Å². The van der Waals surface area contributed by atoms with E-state index in [0.29, 0.717) is 12.4 Å². The van der Waals surface area contributed by atoms with Gasteiger partial charge in [-0.2, -0.15) is 0 Å². The molecule has 0 spiro atoms. The van der Waals surface area contributed by atoms with Crippen molar-refractivity contribution in [2.75, 3.05) is 6.61 Å². The van der Waals surface area contributed by atoms with Gasteiger partial charge < -0.3 is 19.6 Å². The van der Waals surface area contributed by atoms with Crippen molar-refractivity contribution in [1.82, 2.24) is 5.32 Å². The molecule has 1 amide bonds. The number of carbonyl (C=O) groups is 2. The summed E-state index contributed by atoms with van der Waals surface area (Å²) in [6.07, 6.45) is -1.82. The molecule has 2 atom stereocenters. The Balaban J connectivity index is 1.89. The maximum atomic E-state index is 13.0. The lowest BCUT2D eigenvalue weighted by atomic mass is 10.1. The normalized spacial score (nSPS) is 13.9. The van der Waals surface area contributed by atoms with Crippen LogP contribution in [-0.4, -0.2) is 44.1 Å². The van der Waals surface area contributed by atoms with Gasteiger partial charge in [-0.1, -0.05) is 20.8 Å². The van der Waals surface area contributed by atoms with Crippen LogP contribution in [0.25, 0.3) is 0 Å². The van der Waals surface area contributed by atoms with E-state index in [1.807, 2.05) is 6.92 Å². The van der Waals surface area contributed by atoms with Crippen LogP contribution < -0.4 is 10.1 Å². The summed E-state index contributed by atoms with van der Waals surface area (Å²) in [6.45, 7) is 13.3. The quantitative estimate of drug-likeness (QED) is 0.325. The Hall–Kier alpha value is -2.55. The Bertz CT molecular complexity index is 923. The number of benzene rings is 2. The predicted molar refractivity (Wildman–Crippen MR) is 124 cm³/mol. The fraction of sp³-hybridized carbons (Fsp3) is 0.417. The minimum atomic E-state index is -1.89. The number of halogens is 1. The molecule has 32 heavy (non-hydrogen) atoms. The summed E-state index contributed by atoms with van der Waals surface area (Å²) >= 11 is 0. The van der Waals surface area contributed by atoms with E-state index in [1.54, 1.807) is 24.3 Å². The van der Waals surface area contributed by atoms with E-state index in [-0.39, 0.29) is 22.3 Å². The van der Waals surface area contributed by atoms with Crippen LogP contribution in [0, 0.1) is 5.82 Å². The molecule has 0 aliphatic heterocycles. The molecule has 8 heteroatoms. The topological polar surface area (TPSA) is 84.9 Å². The minimum absolute atomic E-state index is 0.0773. The van der Waals surface area contributed by atoms with Gasteiger partial charge in [0, 0.05) is 11.1 Å². The molecule has 2 N–H and O–H groups in total. The summed E-state index contributed by atoms with van der Waals surface area (Å²) in [5.74, 6) is -1.26. The number of amides is 1. The van der Waals surface area contributed by atoms with Gasteiger partial charge >= 0.3 is 0 Å². The molecule has 2 aromatic rings. The highest BCUT2D eigenvalue weighted by Crippen LogP contribution is 2.37. The average molecular weight is 462 g/mol. The van der Waals surface area contributed by atoms with Crippen molar-refractivity contribution in [3.05, 3.63) is 65.5 Å². The van der Waals surface area contributed by atoms with Crippen molar-refractivity contribution < 1.29 is 28.2 Å².